The highest BCUT2D eigenvalue weighted by Crippen LogP contribution is 2.18. The molecule has 0 heterocycles. The number of carbonyl (C=O) groups is 2. The number of halogens is 2. The van der Waals surface area contributed by atoms with Crippen LogP contribution < -0.4 is 5.32 Å². The van der Waals surface area contributed by atoms with E-state index in [0.717, 1.165) is 30.7 Å². The quantitative estimate of drug-likeness (QED) is 0.760. The highest BCUT2D eigenvalue weighted by atomic mass is 32.2. The van der Waals surface area contributed by atoms with Crippen molar-refractivity contribution < 1.29 is 31.5 Å². The zero-order valence-electron chi connectivity index (χ0n) is 11.7. The van der Waals surface area contributed by atoms with Crippen LogP contribution in [0, 0.1) is 0 Å². The van der Waals surface area contributed by atoms with E-state index in [-0.39, 0.29) is 5.56 Å². The fourth-order valence-electron chi connectivity index (χ4n) is 1.41. The summed E-state index contributed by atoms with van der Waals surface area (Å²) in [5, 5.41) is 2.50. The Bertz CT molecular complexity index is 628. The molecule has 22 heavy (non-hydrogen) atoms. The number of ether oxygens (including phenoxy) is 1. The van der Waals surface area contributed by atoms with Crippen LogP contribution in [0.3, 0.4) is 0 Å². The van der Waals surface area contributed by atoms with Crippen LogP contribution >= 0.6 is 0 Å². The lowest BCUT2D eigenvalue weighted by Crippen LogP contribution is -2.29. The maximum Gasteiger partial charge on any atom is 0.341 e. The molecule has 0 aliphatic rings. The first kappa shape index (κ1) is 18.0. The largest absolute Gasteiger partial charge is 0.452 e. The molecule has 0 fully saturated rings. The summed E-state index contributed by atoms with van der Waals surface area (Å²) in [6.07, 6.45) is 0.736. The smallest absolute Gasteiger partial charge is 0.341 e. The average molecular weight is 335 g/mol. The first-order chi connectivity index (χ1) is 10.3. The van der Waals surface area contributed by atoms with E-state index >= 15 is 0 Å². The lowest BCUT2D eigenvalue weighted by molar-refractivity contribution is -0.124. The molecular weight excluding hydrogens is 320 g/mol. The molecule has 0 saturated heterocycles. The van der Waals surface area contributed by atoms with Gasteiger partial charge in [-0.05, 0) is 30.7 Å². The summed E-state index contributed by atoms with van der Waals surface area (Å²) in [6.45, 7) is 1.84. The molecule has 9 heteroatoms. The fraction of sp³-hybridized carbons (Fsp3) is 0.385. The van der Waals surface area contributed by atoms with Gasteiger partial charge < -0.3 is 10.1 Å². The summed E-state index contributed by atoms with van der Waals surface area (Å²) in [5.74, 6) is -4.85. The van der Waals surface area contributed by atoms with Gasteiger partial charge in [-0.15, -0.1) is 0 Å². The molecule has 1 aromatic carbocycles. The molecule has 6 nitrogen and oxygen atoms in total. The van der Waals surface area contributed by atoms with Crippen LogP contribution in [0.4, 0.5) is 8.78 Å². The molecule has 0 unspecified atom stereocenters. The number of nitrogens with one attached hydrogen (secondary N) is 1. The van der Waals surface area contributed by atoms with E-state index in [9.17, 15) is 26.8 Å². The highest BCUT2D eigenvalue weighted by molar-refractivity contribution is 7.91. The van der Waals surface area contributed by atoms with Crippen molar-refractivity contribution >= 4 is 21.7 Å². The summed E-state index contributed by atoms with van der Waals surface area (Å²) in [5.41, 5.74) is -0.0449. The second-order valence-corrected chi connectivity index (χ2v) is 6.17. The summed E-state index contributed by atoms with van der Waals surface area (Å²) >= 11 is 0. The number of alkyl halides is 2. The number of sulfone groups is 1. The molecule has 0 aliphatic carbocycles. The third-order valence-electron chi connectivity index (χ3n) is 2.56. The number of rotatable bonds is 7. The number of benzene rings is 1. The Kier molecular flexibility index (Phi) is 6.41. The molecule has 122 valence electrons. The third-order valence-corrected chi connectivity index (χ3v) is 3.96. The number of amides is 1. The van der Waals surface area contributed by atoms with E-state index < -0.39 is 39.0 Å². The Hall–Kier alpha value is -2.03. The molecular formula is C13H15F2NO5S. The summed E-state index contributed by atoms with van der Waals surface area (Å²) in [6, 6.07) is 3.85. The SMILES string of the molecule is CCCNC(=O)COC(=O)c1ccc(S(=O)(=O)C(F)F)cc1. The average Bonchev–Trinajstić information content (AvgIpc) is 2.50. The number of hydrogen-bond acceptors (Lipinski definition) is 5. The molecule has 0 aliphatic heterocycles. The first-order valence-corrected chi connectivity index (χ1v) is 7.89. The van der Waals surface area contributed by atoms with Crippen LogP contribution in [0.25, 0.3) is 0 Å². The molecule has 1 aromatic rings. The van der Waals surface area contributed by atoms with E-state index in [4.69, 9.17) is 4.74 Å². The Labute approximate surface area is 126 Å². The lowest BCUT2D eigenvalue weighted by atomic mass is 10.2. The second kappa shape index (κ2) is 7.83. The van der Waals surface area contributed by atoms with Crippen molar-refractivity contribution in [3.05, 3.63) is 29.8 Å². The van der Waals surface area contributed by atoms with Gasteiger partial charge in [0, 0.05) is 6.54 Å². The predicted octanol–water partition coefficient (Wildman–Crippen LogP) is 1.37. The molecule has 0 bridgehead atoms. The van der Waals surface area contributed by atoms with Gasteiger partial charge in [0.05, 0.1) is 10.5 Å². The van der Waals surface area contributed by atoms with Gasteiger partial charge in [0.25, 0.3) is 5.91 Å². The zero-order valence-corrected chi connectivity index (χ0v) is 12.5. The Balaban J connectivity index is 2.67. The van der Waals surface area contributed by atoms with Crippen molar-refractivity contribution in [1.82, 2.24) is 5.32 Å². The van der Waals surface area contributed by atoms with Gasteiger partial charge in [-0.25, -0.2) is 13.2 Å². The molecule has 1 rings (SSSR count). The fourth-order valence-corrected chi connectivity index (χ4v) is 2.13. The maximum absolute atomic E-state index is 12.3. The van der Waals surface area contributed by atoms with E-state index in [2.05, 4.69) is 5.32 Å². The minimum Gasteiger partial charge on any atom is -0.452 e. The second-order valence-electron chi connectivity index (χ2n) is 4.26. The number of carbonyl (C=O) groups excluding carboxylic acids is 2. The molecule has 1 N–H and O–H groups in total. The van der Waals surface area contributed by atoms with Crippen molar-refractivity contribution in [3.63, 3.8) is 0 Å². The predicted molar refractivity (Wildman–Crippen MR) is 73.2 cm³/mol. The minimum absolute atomic E-state index is 0.0449. The van der Waals surface area contributed by atoms with Gasteiger partial charge in [-0.3, -0.25) is 4.79 Å². The van der Waals surface area contributed by atoms with Crippen LogP contribution in [-0.2, 0) is 19.4 Å². The van der Waals surface area contributed by atoms with Gasteiger partial charge >= 0.3 is 11.7 Å². The van der Waals surface area contributed by atoms with Gasteiger partial charge in [-0.1, -0.05) is 6.92 Å². The van der Waals surface area contributed by atoms with Crippen LogP contribution in [0.1, 0.15) is 23.7 Å². The Morgan fingerprint density at radius 1 is 1.23 bits per heavy atom. The Morgan fingerprint density at radius 2 is 1.82 bits per heavy atom. The standard InChI is InChI=1S/C13H15F2NO5S/c1-2-7-16-11(17)8-21-12(18)9-3-5-10(6-4-9)22(19,20)13(14)15/h3-6,13H,2,7-8H2,1H3,(H,16,17). The third kappa shape index (κ3) is 4.76. The highest BCUT2D eigenvalue weighted by Gasteiger charge is 2.26. The molecule has 0 atom stereocenters. The molecule has 0 spiro atoms. The van der Waals surface area contributed by atoms with Crippen molar-refractivity contribution in [2.75, 3.05) is 13.2 Å². The van der Waals surface area contributed by atoms with E-state index in [1.807, 2.05) is 6.92 Å². The van der Waals surface area contributed by atoms with E-state index in [0.29, 0.717) is 6.54 Å². The molecule has 0 aromatic heterocycles. The van der Waals surface area contributed by atoms with Gasteiger partial charge in [0.15, 0.2) is 6.61 Å². The first-order valence-electron chi connectivity index (χ1n) is 6.35. The monoisotopic (exact) mass is 335 g/mol. The molecule has 0 radical (unpaired) electrons. The lowest BCUT2D eigenvalue weighted by Gasteiger charge is -2.07. The van der Waals surface area contributed by atoms with Crippen LogP contribution in [-0.4, -0.2) is 39.2 Å². The van der Waals surface area contributed by atoms with Crippen molar-refractivity contribution in [2.24, 2.45) is 0 Å². The van der Waals surface area contributed by atoms with Crippen molar-refractivity contribution in [1.29, 1.82) is 0 Å². The van der Waals surface area contributed by atoms with Crippen molar-refractivity contribution in [3.8, 4) is 0 Å². The summed E-state index contributed by atoms with van der Waals surface area (Å²) in [4.78, 5) is 22.3. The minimum atomic E-state index is -4.70. The zero-order chi connectivity index (χ0) is 16.8. The van der Waals surface area contributed by atoms with E-state index in [1.165, 1.54) is 0 Å². The summed E-state index contributed by atoms with van der Waals surface area (Å²) < 4.78 is 51.8. The van der Waals surface area contributed by atoms with Gasteiger partial charge in [-0.2, -0.15) is 8.78 Å². The maximum atomic E-state index is 12.3. The van der Waals surface area contributed by atoms with E-state index in [1.54, 1.807) is 0 Å². The van der Waals surface area contributed by atoms with Crippen molar-refractivity contribution in [2.45, 2.75) is 24.0 Å². The normalized spacial score (nSPS) is 11.3. The topological polar surface area (TPSA) is 89.5 Å². The van der Waals surface area contributed by atoms with Crippen LogP contribution in [0.2, 0.25) is 0 Å². The molecule has 1 amide bonds. The molecule has 0 saturated carbocycles. The summed E-state index contributed by atoms with van der Waals surface area (Å²) in [7, 11) is -4.70. The van der Waals surface area contributed by atoms with Crippen LogP contribution in [0.5, 0.6) is 0 Å². The van der Waals surface area contributed by atoms with Crippen LogP contribution in [0.15, 0.2) is 29.2 Å². The number of hydrogen-bond donors (Lipinski definition) is 1. The Morgan fingerprint density at radius 3 is 2.32 bits per heavy atom. The number of esters is 1. The van der Waals surface area contributed by atoms with Gasteiger partial charge in [0.2, 0.25) is 9.84 Å². The van der Waals surface area contributed by atoms with Gasteiger partial charge in [0.1, 0.15) is 0 Å².